The zero-order chi connectivity index (χ0) is 18.6. The fourth-order valence-electron chi connectivity index (χ4n) is 3.61. The molecule has 3 rings (SSSR count). The van der Waals surface area contributed by atoms with Gasteiger partial charge >= 0.3 is 7.12 Å². The molecule has 0 bridgehead atoms. The van der Waals surface area contributed by atoms with Crippen LogP contribution in [0.1, 0.15) is 70.4 Å². The molecule has 1 saturated carbocycles. The van der Waals surface area contributed by atoms with E-state index in [0.29, 0.717) is 17.9 Å². The molecule has 0 aromatic heterocycles. The van der Waals surface area contributed by atoms with Crippen LogP contribution in [0.25, 0.3) is 0 Å². The predicted octanol–water partition coefficient (Wildman–Crippen LogP) is 5.24. The van der Waals surface area contributed by atoms with Crippen LogP contribution in [-0.4, -0.2) is 24.2 Å². The van der Waals surface area contributed by atoms with Gasteiger partial charge < -0.3 is 9.31 Å². The summed E-state index contributed by atoms with van der Waals surface area (Å²) in [7, 11) is -0.466. The van der Waals surface area contributed by atoms with Crippen molar-refractivity contribution < 1.29 is 18.1 Å². The largest absolute Gasteiger partial charge is 0.495 e. The Balaban J connectivity index is 1.85. The average Bonchev–Trinajstić information content (AvgIpc) is 2.69. The maximum atomic E-state index is 13.4. The van der Waals surface area contributed by atoms with E-state index in [9.17, 15) is 8.78 Å². The zero-order valence-corrected chi connectivity index (χ0v) is 16.3. The summed E-state index contributed by atoms with van der Waals surface area (Å²) < 4.78 is 39.1. The van der Waals surface area contributed by atoms with E-state index in [0.717, 1.165) is 16.6 Å². The lowest BCUT2D eigenvalue weighted by atomic mass is 9.74. The minimum atomic E-state index is -2.53. The lowest BCUT2D eigenvalue weighted by Crippen LogP contribution is -2.41. The summed E-state index contributed by atoms with van der Waals surface area (Å²) in [5.74, 6) is -2.43. The Kier molecular flexibility index (Phi) is 4.75. The standard InChI is InChI=1S/C19H26BClF2O2/c1-12-10-14(13-6-8-19(22,23)9-7-13)16(21)11-15(12)20-24-17(2,3)18(4,5)25-20/h10-11,13H,6-9H2,1-5H3. The van der Waals surface area contributed by atoms with Gasteiger partial charge in [-0.25, -0.2) is 8.78 Å². The number of hydrogen-bond donors (Lipinski definition) is 0. The third-order valence-electron chi connectivity index (χ3n) is 6.05. The summed E-state index contributed by atoms with van der Waals surface area (Å²) in [5, 5.41) is 0.616. The van der Waals surface area contributed by atoms with Gasteiger partial charge in [0.1, 0.15) is 0 Å². The smallest absolute Gasteiger partial charge is 0.399 e. The summed E-state index contributed by atoms with van der Waals surface area (Å²) >= 11 is 6.53. The number of alkyl halides is 2. The van der Waals surface area contributed by atoms with Crippen LogP contribution in [0.15, 0.2) is 12.1 Å². The molecule has 25 heavy (non-hydrogen) atoms. The number of benzene rings is 1. The third kappa shape index (κ3) is 3.60. The Morgan fingerprint density at radius 2 is 1.56 bits per heavy atom. The second-order valence-electron chi connectivity index (χ2n) is 8.45. The van der Waals surface area contributed by atoms with Gasteiger partial charge in [0.2, 0.25) is 5.92 Å². The molecule has 2 nitrogen and oxygen atoms in total. The van der Waals surface area contributed by atoms with Crippen LogP contribution in [0, 0.1) is 6.92 Å². The van der Waals surface area contributed by atoms with Crippen molar-refractivity contribution in [3.8, 4) is 0 Å². The highest BCUT2D eigenvalue weighted by Gasteiger charge is 2.52. The molecule has 6 heteroatoms. The van der Waals surface area contributed by atoms with Gasteiger partial charge in [-0.05, 0) is 70.5 Å². The van der Waals surface area contributed by atoms with Crippen LogP contribution in [0.4, 0.5) is 8.78 Å². The molecule has 2 fully saturated rings. The molecule has 1 aromatic carbocycles. The highest BCUT2D eigenvalue weighted by molar-refractivity contribution is 6.63. The molecule has 0 unspecified atom stereocenters. The number of hydrogen-bond acceptors (Lipinski definition) is 2. The predicted molar refractivity (Wildman–Crippen MR) is 98.1 cm³/mol. The van der Waals surface area contributed by atoms with Gasteiger partial charge in [-0.2, -0.15) is 0 Å². The minimum absolute atomic E-state index is 0.0635. The van der Waals surface area contributed by atoms with E-state index in [-0.39, 0.29) is 18.8 Å². The van der Waals surface area contributed by atoms with Crippen molar-refractivity contribution in [3.05, 3.63) is 28.3 Å². The molecule has 1 aromatic rings. The molecule has 1 saturated heterocycles. The molecule has 138 valence electrons. The van der Waals surface area contributed by atoms with Crippen molar-refractivity contribution in [1.29, 1.82) is 0 Å². The highest BCUT2D eigenvalue weighted by Crippen LogP contribution is 2.43. The van der Waals surface area contributed by atoms with Gasteiger partial charge in [-0.3, -0.25) is 0 Å². The molecule has 0 atom stereocenters. The zero-order valence-electron chi connectivity index (χ0n) is 15.6. The van der Waals surface area contributed by atoms with Gasteiger partial charge in [0.15, 0.2) is 0 Å². The van der Waals surface area contributed by atoms with Crippen LogP contribution in [0.3, 0.4) is 0 Å². The maximum absolute atomic E-state index is 13.4. The Labute approximate surface area is 154 Å². The van der Waals surface area contributed by atoms with E-state index in [1.165, 1.54) is 0 Å². The molecule has 0 radical (unpaired) electrons. The van der Waals surface area contributed by atoms with Crippen LogP contribution in [0.5, 0.6) is 0 Å². The third-order valence-corrected chi connectivity index (χ3v) is 6.38. The SMILES string of the molecule is Cc1cc(C2CCC(F)(F)CC2)c(Cl)cc1B1OC(C)(C)C(C)(C)O1. The van der Waals surface area contributed by atoms with Gasteiger partial charge in [0.05, 0.1) is 11.2 Å². The summed E-state index contributed by atoms with van der Waals surface area (Å²) in [4.78, 5) is 0. The van der Waals surface area contributed by atoms with E-state index in [4.69, 9.17) is 20.9 Å². The van der Waals surface area contributed by atoms with Crippen molar-refractivity contribution in [2.75, 3.05) is 0 Å². The van der Waals surface area contributed by atoms with Gasteiger partial charge in [0, 0.05) is 17.9 Å². The van der Waals surface area contributed by atoms with Crippen LogP contribution >= 0.6 is 11.6 Å². The van der Waals surface area contributed by atoms with Crippen LogP contribution in [-0.2, 0) is 9.31 Å². The molecule has 1 aliphatic heterocycles. The Hall–Kier alpha value is -0.645. The topological polar surface area (TPSA) is 18.5 Å². The molecule has 0 amide bonds. The van der Waals surface area contributed by atoms with Crippen molar-refractivity contribution >= 4 is 24.2 Å². The molecule has 1 aliphatic carbocycles. The second-order valence-corrected chi connectivity index (χ2v) is 8.86. The van der Waals surface area contributed by atoms with Crippen molar-refractivity contribution in [3.63, 3.8) is 0 Å². The first-order chi connectivity index (χ1) is 11.4. The number of aryl methyl sites for hydroxylation is 1. The summed E-state index contributed by atoms with van der Waals surface area (Å²) in [5.41, 5.74) is 2.08. The van der Waals surface area contributed by atoms with E-state index in [1.807, 2.05) is 46.8 Å². The Morgan fingerprint density at radius 1 is 1.04 bits per heavy atom. The van der Waals surface area contributed by atoms with Crippen molar-refractivity contribution in [2.24, 2.45) is 0 Å². The van der Waals surface area contributed by atoms with E-state index in [2.05, 4.69) is 0 Å². The van der Waals surface area contributed by atoms with E-state index >= 15 is 0 Å². The Morgan fingerprint density at radius 3 is 2.08 bits per heavy atom. The number of rotatable bonds is 2. The summed E-state index contributed by atoms with van der Waals surface area (Å²) in [6.07, 6.45) is 0.821. The average molecular weight is 371 g/mol. The minimum Gasteiger partial charge on any atom is -0.399 e. The second kappa shape index (κ2) is 6.21. The lowest BCUT2D eigenvalue weighted by molar-refractivity contribution is -0.0382. The van der Waals surface area contributed by atoms with Crippen molar-refractivity contribution in [1.82, 2.24) is 0 Å². The Bertz CT molecular complexity index is 650. The maximum Gasteiger partial charge on any atom is 0.495 e. The van der Waals surface area contributed by atoms with E-state index in [1.54, 1.807) is 0 Å². The first-order valence-corrected chi connectivity index (χ1v) is 9.33. The molecular weight excluding hydrogens is 344 g/mol. The summed E-state index contributed by atoms with van der Waals surface area (Å²) in [6, 6.07) is 3.91. The van der Waals surface area contributed by atoms with Gasteiger partial charge in [-0.15, -0.1) is 0 Å². The molecule has 1 heterocycles. The quantitative estimate of drug-likeness (QED) is 0.663. The van der Waals surface area contributed by atoms with Gasteiger partial charge in [-0.1, -0.05) is 23.2 Å². The molecule has 0 spiro atoms. The van der Waals surface area contributed by atoms with E-state index < -0.39 is 24.2 Å². The molecule has 0 N–H and O–H groups in total. The lowest BCUT2D eigenvalue weighted by Gasteiger charge is -2.32. The molecule has 2 aliphatic rings. The van der Waals surface area contributed by atoms with Crippen molar-refractivity contribution in [2.45, 2.75) is 83.3 Å². The summed E-state index contributed by atoms with van der Waals surface area (Å²) in [6.45, 7) is 10.1. The van der Waals surface area contributed by atoms with Crippen LogP contribution < -0.4 is 5.46 Å². The monoisotopic (exact) mass is 370 g/mol. The highest BCUT2D eigenvalue weighted by atomic mass is 35.5. The van der Waals surface area contributed by atoms with Gasteiger partial charge in [0.25, 0.3) is 0 Å². The van der Waals surface area contributed by atoms with Crippen LogP contribution in [0.2, 0.25) is 5.02 Å². The normalized spacial score (nSPS) is 25.4. The first-order valence-electron chi connectivity index (χ1n) is 8.95. The first kappa shape index (κ1) is 19.1. The number of halogens is 3. The molecular formula is C19H26BClF2O2. The fraction of sp³-hybridized carbons (Fsp3) is 0.684. The fourth-order valence-corrected chi connectivity index (χ4v) is 3.93.